The summed E-state index contributed by atoms with van der Waals surface area (Å²) >= 11 is 0. The normalized spacial score (nSPS) is 12.9. The molecule has 0 fully saturated rings. The Morgan fingerprint density at radius 2 is 1.46 bits per heavy atom. The van der Waals surface area contributed by atoms with E-state index in [1.54, 1.807) is 0 Å². The summed E-state index contributed by atoms with van der Waals surface area (Å²) in [6, 6.07) is 28.3. The molecule has 0 aliphatic heterocycles. The Bertz CT molecular complexity index is 1180. The van der Waals surface area contributed by atoms with Gasteiger partial charge in [0.15, 0.2) is 0 Å². The summed E-state index contributed by atoms with van der Waals surface area (Å²) in [5.74, 6) is -0.123. The zero-order valence-electron chi connectivity index (χ0n) is 15.6. The summed E-state index contributed by atoms with van der Waals surface area (Å²) < 4.78 is 26.4. The van der Waals surface area contributed by atoms with E-state index >= 15 is 0 Å². The molecule has 0 radical (unpaired) electrons. The van der Waals surface area contributed by atoms with Crippen molar-refractivity contribution in [1.29, 1.82) is 0 Å². The molecular formula is C23H22N2O2S. The standard InChI is InChI=1S/C23H22N2O2S/c1-28(26,27)24-16-20(17-10-4-2-5-11-17)22-19-14-8-9-15-21(19)25-23(22)18-12-6-3-7-13-18/h2-15,20,24-25H,16H2,1H3/t20-/m0/s1. The van der Waals surface area contributed by atoms with Crippen LogP contribution in [0.3, 0.4) is 0 Å². The highest BCUT2D eigenvalue weighted by atomic mass is 32.2. The van der Waals surface area contributed by atoms with Gasteiger partial charge in [-0.1, -0.05) is 78.9 Å². The number of nitrogens with one attached hydrogen (secondary N) is 2. The van der Waals surface area contributed by atoms with Crippen LogP contribution in [0.15, 0.2) is 84.9 Å². The van der Waals surface area contributed by atoms with E-state index in [4.69, 9.17) is 0 Å². The molecule has 4 aromatic rings. The number of rotatable bonds is 6. The monoisotopic (exact) mass is 390 g/mol. The minimum Gasteiger partial charge on any atom is -0.354 e. The summed E-state index contributed by atoms with van der Waals surface area (Å²) in [7, 11) is -3.31. The van der Waals surface area contributed by atoms with Crippen LogP contribution in [0.2, 0.25) is 0 Å². The van der Waals surface area contributed by atoms with Gasteiger partial charge < -0.3 is 4.98 Å². The molecule has 4 nitrogen and oxygen atoms in total. The molecule has 0 saturated heterocycles. The van der Waals surface area contributed by atoms with E-state index in [-0.39, 0.29) is 5.92 Å². The van der Waals surface area contributed by atoms with E-state index in [0.717, 1.165) is 33.3 Å². The SMILES string of the molecule is CS(=O)(=O)NC[C@@H](c1ccccc1)c1c(-c2ccccc2)[nH]c2ccccc12. The summed E-state index contributed by atoms with van der Waals surface area (Å²) in [6.45, 7) is 0.296. The molecule has 1 aromatic heterocycles. The van der Waals surface area contributed by atoms with Crippen LogP contribution in [0.5, 0.6) is 0 Å². The van der Waals surface area contributed by atoms with Gasteiger partial charge in [-0.2, -0.15) is 0 Å². The number of para-hydroxylation sites is 1. The van der Waals surface area contributed by atoms with Crippen molar-refractivity contribution in [1.82, 2.24) is 9.71 Å². The number of hydrogen-bond acceptors (Lipinski definition) is 2. The lowest BCUT2D eigenvalue weighted by Gasteiger charge is -2.20. The molecule has 0 aliphatic carbocycles. The Morgan fingerprint density at radius 1 is 0.857 bits per heavy atom. The molecule has 4 rings (SSSR count). The first-order valence-electron chi connectivity index (χ1n) is 9.18. The minimum absolute atomic E-state index is 0.123. The molecular weight excluding hydrogens is 368 g/mol. The molecule has 3 aromatic carbocycles. The Morgan fingerprint density at radius 3 is 2.14 bits per heavy atom. The maximum atomic E-state index is 11.8. The largest absolute Gasteiger partial charge is 0.354 e. The van der Waals surface area contributed by atoms with Gasteiger partial charge in [0.2, 0.25) is 10.0 Å². The van der Waals surface area contributed by atoms with Gasteiger partial charge >= 0.3 is 0 Å². The maximum absolute atomic E-state index is 11.8. The number of H-pyrrole nitrogens is 1. The lowest BCUT2D eigenvalue weighted by atomic mass is 9.87. The fourth-order valence-electron chi connectivity index (χ4n) is 3.66. The average molecular weight is 391 g/mol. The van der Waals surface area contributed by atoms with Gasteiger partial charge in [-0.05, 0) is 22.8 Å². The molecule has 0 spiro atoms. The van der Waals surface area contributed by atoms with Gasteiger partial charge in [0, 0.05) is 23.4 Å². The van der Waals surface area contributed by atoms with Gasteiger partial charge in [0.05, 0.1) is 11.9 Å². The van der Waals surface area contributed by atoms with Gasteiger partial charge in [0.25, 0.3) is 0 Å². The van der Waals surface area contributed by atoms with Crippen molar-refractivity contribution in [2.45, 2.75) is 5.92 Å². The van der Waals surface area contributed by atoms with Crippen LogP contribution in [0.4, 0.5) is 0 Å². The number of aromatic nitrogens is 1. The molecule has 0 unspecified atom stereocenters. The zero-order chi connectivity index (χ0) is 19.6. The quantitative estimate of drug-likeness (QED) is 0.509. The van der Waals surface area contributed by atoms with Gasteiger partial charge in [-0.25, -0.2) is 13.1 Å². The van der Waals surface area contributed by atoms with Crippen molar-refractivity contribution in [3.63, 3.8) is 0 Å². The first-order valence-corrected chi connectivity index (χ1v) is 11.1. The van der Waals surface area contributed by atoms with Crippen LogP contribution in [0.1, 0.15) is 17.0 Å². The minimum atomic E-state index is -3.31. The summed E-state index contributed by atoms with van der Waals surface area (Å²) in [4.78, 5) is 3.55. The Balaban J connectivity index is 1.94. The number of benzene rings is 3. The molecule has 0 bridgehead atoms. The van der Waals surface area contributed by atoms with Crippen LogP contribution in [0, 0.1) is 0 Å². The third kappa shape index (κ3) is 3.86. The van der Waals surface area contributed by atoms with Gasteiger partial charge in [-0.15, -0.1) is 0 Å². The second kappa shape index (κ2) is 7.62. The Kier molecular flexibility index (Phi) is 5.03. The topological polar surface area (TPSA) is 62.0 Å². The number of sulfonamides is 1. The third-order valence-corrected chi connectivity index (χ3v) is 5.60. The molecule has 1 heterocycles. The van der Waals surface area contributed by atoms with E-state index < -0.39 is 10.0 Å². The molecule has 142 valence electrons. The lowest BCUT2D eigenvalue weighted by molar-refractivity contribution is 0.584. The van der Waals surface area contributed by atoms with Crippen molar-refractivity contribution >= 4 is 20.9 Å². The second-order valence-corrected chi connectivity index (χ2v) is 8.74. The van der Waals surface area contributed by atoms with E-state index in [1.165, 1.54) is 6.26 Å². The lowest BCUT2D eigenvalue weighted by Crippen LogP contribution is -2.28. The summed E-state index contributed by atoms with van der Waals surface area (Å²) in [5, 5.41) is 1.10. The fraction of sp³-hybridized carbons (Fsp3) is 0.130. The van der Waals surface area contributed by atoms with E-state index in [1.807, 2.05) is 60.7 Å². The third-order valence-electron chi connectivity index (χ3n) is 4.91. The van der Waals surface area contributed by atoms with Crippen LogP contribution < -0.4 is 4.72 Å². The van der Waals surface area contributed by atoms with Gasteiger partial charge in [-0.3, -0.25) is 0 Å². The van der Waals surface area contributed by atoms with Crippen LogP contribution in [-0.4, -0.2) is 26.2 Å². The maximum Gasteiger partial charge on any atom is 0.208 e. The molecule has 0 aliphatic rings. The molecule has 5 heteroatoms. The first-order chi connectivity index (χ1) is 13.5. The van der Waals surface area contributed by atoms with Crippen molar-refractivity contribution in [2.75, 3.05) is 12.8 Å². The number of fused-ring (bicyclic) bond motifs is 1. The zero-order valence-corrected chi connectivity index (χ0v) is 16.4. The van der Waals surface area contributed by atoms with Gasteiger partial charge in [0.1, 0.15) is 0 Å². The highest BCUT2D eigenvalue weighted by Gasteiger charge is 2.24. The molecule has 1 atom stereocenters. The molecule has 0 saturated carbocycles. The number of aromatic amines is 1. The van der Waals surface area contributed by atoms with E-state index in [0.29, 0.717) is 6.54 Å². The van der Waals surface area contributed by atoms with Crippen molar-refractivity contribution in [3.8, 4) is 11.3 Å². The Hall–Kier alpha value is -2.89. The summed E-state index contributed by atoms with van der Waals surface area (Å²) in [5.41, 5.74) is 5.31. The fourth-order valence-corrected chi connectivity index (χ4v) is 4.13. The molecule has 0 amide bonds. The number of hydrogen-bond donors (Lipinski definition) is 2. The van der Waals surface area contributed by atoms with Crippen LogP contribution >= 0.6 is 0 Å². The second-order valence-electron chi connectivity index (χ2n) is 6.91. The van der Waals surface area contributed by atoms with Crippen LogP contribution in [0.25, 0.3) is 22.2 Å². The molecule has 2 N–H and O–H groups in total. The predicted molar refractivity (Wildman–Crippen MR) is 115 cm³/mol. The highest BCUT2D eigenvalue weighted by molar-refractivity contribution is 7.88. The van der Waals surface area contributed by atoms with Crippen molar-refractivity contribution in [2.24, 2.45) is 0 Å². The van der Waals surface area contributed by atoms with Crippen molar-refractivity contribution in [3.05, 3.63) is 96.1 Å². The van der Waals surface area contributed by atoms with E-state index in [2.05, 4.69) is 34.0 Å². The Labute approximate surface area is 165 Å². The average Bonchev–Trinajstić information content (AvgIpc) is 3.08. The van der Waals surface area contributed by atoms with Crippen LogP contribution in [-0.2, 0) is 10.0 Å². The summed E-state index contributed by atoms with van der Waals surface area (Å²) in [6.07, 6.45) is 1.20. The van der Waals surface area contributed by atoms with Crippen molar-refractivity contribution < 1.29 is 8.42 Å². The van der Waals surface area contributed by atoms with E-state index in [9.17, 15) is 8.42 Å². The predicted octanol–water partition coefficient (Wildman–Crippen LogP) is 4.52. The smallest absolute Gasteiger partial charge is 0.208 e. The molecule has 28 heavy (non-hydrogen) atoms. The highest BCUT2D eigenvalue weighted by Crippen LogP contribution is 2.38. The first kappa shape index (κ1) is 18.5.